The SMILES string of the molecule is CO/N=C1\C[C@@H](c2nc(C(=O)NCCCN(C)C)no2)N(C(=O)c2ccc(-c3ccccc3)cc2)C1. The predicted octanol–water partition coefficient (Wildman–Crippen LogP) is 3.01. The van der Waals surface area contributed by atoms with Crippen LogP contribution in [0.2, 0.25) is 0 Å². The molecule has 3 aromatic rings. The average molecular weight is 491 g/mol. The summed E-state index contributed by atoms with van der Waals surface area (Å²) in [5, 5.41) is 10.7. The molecule has 10 nitrogen and oxygen atoms in total. The van der Waals surface area contributed by atoms with Crippen LogP contribution in [0, 0.1) is 0 Å². The predicted molar refractivity (Wildman–Crippen MR) is 135 cm³/mol. The minimum absolute atomic E-state index is 0.0633. The summed E-state index contributed by atoms with van der Waals surface area (Å²) in [6.07, 6.45) is 1.17. The van der Waals surface area contributed by atoms with E-state index in [9.17, 15) is 9.59 Å². The molecule has 1 aromatic heterocycles. The molecule has 1 aliphatic rings. The number of rotatable bonds is 9. The molecule has 2 heterocycles. The van der Waals surface area contributed by atoms with Gasteiger partial charge in [-0.3, -0.25) is 9.59 Å². The highest BCUT2D eigenvalue weighted by Gasteiger charge is 2.38. The molecule has 36 heavy (non-hydrogen) atoms. The van der Waals surface area contributed by atoms with Crippen LogP contribution in [0.4, 0.5) is 0 Å². The van der Waals surface area contributed by atoms with Gasteiger partial charge in [0.25, 0.3) is 17.6 Å². The highest BCUT2D eigenvalue weighted by atomic mass is 16.6. The highest BCUT2D eigenvalue weighted by Crippen LogP contribution is 2.32. The molecule has 1 saturated heterocycles. The zero-order valence-corrected chi connectivity index (χ0v) is 20.7. The highest BCUT2D eigenvalue weighted by molar-refractivity contribution is 6.00. The van der Waals surface area contributed by atoms with Gasteiger partial charge in [0.1, 0.15) is 13.2 Å². The Hall–Kier alpha value is -4.05. The quantitative estimate of drug-likeness (QED) is 0.362. The topological polar surface area (TPSA) is 113 Å². The molecule has 0 aliphatic carbocycles. The molecular weight excluding hydrogens is 460 g/mol. The first-order chi connectivity index (χ1) is 17.5. The van der Waals surface area contributed by atoms with Crippen molar-refractivity contribution in [1.29, 1.82) is 0 Å². The van der Waals surface area contributed by atoms with Crippen LogP contribution in [-0.2, 0) is 4.84 Å². The van der Waals surface area contributed by atoms with Crippen molar-refractivity contribution in [3.05, 3.63) is 71.9 Å². The number of carbonyl (C=O) groups excluding carboxylic acids is 2. The molecule has 0 saturated carbocycles. The van der Waals surface area contributed by atoms with Gasteiger partial charge in [0, 0.05) is 18.5 Å². The Kier molecular flexibility index (Phi) is 8.06. The monoisotopic (exact) mass is 490 g/mol. The lowest BCUT2D eigenvalue weighted by molar-refractivity contribution is 0.0713. The molecular formula is C26H30N6O4. The van der Waals surface area contributed by atoms with Gasteiger partial charge in [-0.1, -0.05) is 52.8 Å². The van der Waals surface area contributed by atoms with E-state index < -0.39 is 11.9 Å². The van der Waals surface area contributed by atoms with Crippen LogP contribution in [0.5, 0.6) is 0 Å². The second-order valence-electron chi connectivity index (χ2n) is 8.81. The van der Waals surface area contributed by atoms with Crippen molar-refractivity contribution in [1.82, 2.24) is 25.3 Å². The second kappa shape index (κ2) is 11.6. The van der Waals surface area contributed by atoms with Crippen molar-refractivity contribution in [2.45, 2.75) is 18.9 Å². The van der Waals surface area contributed by atoms with E-state index in [0.717, 1.165) is 24.1 Å². The van der Waals surface area contributed by atoms with Gasteiger partial charge >= 0.3 is 0 Å². The third-order valence-electron chi connectivity index (χ3n) is 5.88. The molecule has 0 bridgehead atoms. The van der Waals surface area contributed by atoms with Crippen molar-refractivity contribution in [3.63, 3.8) is 0 Å². The van der Waals surface area contributed by atoms with Gasteiger partial charge < -0.3 is 24.5 Å². The van der Waals surface area contributed by atoms with Crippen LogP contribution in [0.15, 0.2) is 64.3 Å². The third-order valence-corrected chi connectivity index (χ3v) is 5.88. The maximum absolute atomic E-state index is 13.5. The van der Waals surface area contributed by atoms with Crippen LogP contribution >= 0.6 is 0 Å². The molecule has 1 N–H and O–H groups in total. The van der Waals surface area contributed by atoms with E-state index in [1.807, 2.05) is 61.5 Å². The summed E-state index contributed by atoms with van der Waals surface area (Å²) in [7, 11) is 5.40. The van der Waals surface area contributed by atoms with E-state index in [1.165, 1.54) is 7.11 Å². The lowest BCUT2D eigenvalue weighted by Gasteiger charge is -2.21. The zero-order valence-electron chi connectivity index (χ0n) is 20.7. The molecule has 188 valence electrons. The Morgan fingerprint density at radius 3 is 2.56 bits per heavy atom. The molecule has 4 rings (SSSR count). The number of nitrogens with zero attached hydrogens (tertiary/aromatic N) is 5. The maximum Gasteiger partial charge on any atom is 0.292 e. The largest absolute Gasteiger partial charge is 0.399 e. The second-order valence-corrected chi connectivity index (χ2v) is 8.81. The van der Waals surface area contributed by atoms with Crippen molar-refractivity contribution in [2.75, 3.05) is 40.8 Å². The molecule has 0 spiro atoms. The smallest absolute Gasteiger partial charge is 0.292 e. The molecule has 2 aromatic carbocycles. The molecule has 1 atom stereocenters. The van der Waals surface area contributed by atoms with Crippen LogP contribution in [0.25, 0.3) is 11.1 Å². The molecule has 1 aliphatic heterocycles. The summed E-state index contributed by atoms with van der Waals surface area (Å²) in [5.41, 5.74) is 3.29. The van der Waals surface area contributed by atoms with Crippen LogP contribution in [0.1, 0.15) is 45.8 Å². The Morgan fingerprint density at radius 2 is 1.86 bits per heavy atom. The van der Waals surface area contributed by atoms with E-state index in [2.05, 4.69) is 20.6 Å². The summed E-state index contributed by atoms with van der Waals surface area (Å²) >= 11 is 0. The summed E-state index contributed by atoms with van der Waals surface area (Å²) in [6.45, 7) is 1.61. The summed E-state index contributed by atoms with van der Waals surface area (Å²) in [4.78, 5) is 38.8. The summed E-state index contributed by atoms with van der Waals surface area (Å²) < 4.78 is 5.41. The van der Waals surface area contributed by atoms with E-state index >= 15 is 0 Å². The standard InChI is InChI=1S/C26H30N6O4/c1-31(2)15-7-14-27-24(33)23-28-25(36-30-23)22-16-21(29-35-3)17-32(22)26(34)20-12-10-19(11-13-20)18-8-5-4-6-9-18/h4-6,8-13,22H,7,14-17H2,1-3H3,(H,27,33)/b29-21+/t22-/m0/s1. The van der Waals surface area contributed by atoms with Crippen molar-refractivity contribution < 1.29 is 18.9 Å². The van der Waals surface area contributed by atoms with Crippen LogP contribution in [0.3, 0.4) is 0 Å². The van der Waals surface area contributed by atoms with Crippen LogP contribution in [-0.4, -0.2) is 78.3 Å². The minimum atomic E-state index is -0.553. The fraction of sp³-hybridized carbons (Fsp3) is 0.346. The van der Waals surface area contributed by atoms with E-state index in [4.69, 9.17) is 9.36 Å². The number of amides is 2. The Labute approximate surface area is 209 Å². The zero-order chi connectivity index (χ0) is 25.5. The molecule has 2 amide bonds. The number of hydrogen-bond acceptors (Lipinski definition) is 8. The fourth-order valence-electron chi connectivity index (χ4n) is 4.07. The number of likely N-dealkylation sites (tertiary alicyclic amines) is 1. The fourth-order valence-corrected chi connectivity index (χ4v) is 4.07. The summed E-state index contributed by atoms with van der Waals surface area (Å²) in [5.74, 6) is -0.494. The number of hydrogen-bond donors (Lipinski definition) is 1. The van der Waals surface area contributed by atoms with Gasteiger partial charge in [-0.2, -0.15) is 4.98 Å². The van der Waals surface area contributed by atoms with Gasteiger partial charge in [0.2, 0.25) is 5.89 Å². The van der Waals surface area contributed by atoms with Crippen molar-refractivity contribution in [3.8, 4) is 11.1 Å². The van der Waals surface area contributed by atoms with E-state index in [1.54, 1.807) is 17.0 Å². The number of carbonyl (C=O) groups is 2. The van der Waals surface area contributed by atoms with Gasteiger partial charge in [-0.05, 0) is 50.3 Å². The van der Waals surface area contributed by atoms with Crippen molar-refractivity contribution in [2.24, 2.45) is 5.16 Å². The first kappa shape index (κ1) is 25.1. The van der Waals surface area contributed by atoms with Crippen molar-refractivity contribution >= 4 is 17.5 Å². The van der Waals surface area contributed by atoms with Gasteiger partial charge in [0.15, 0.2) is 0 Å². The number of oxime groups is 1. The number of nitrogens with one attached hydrogen (secondary N) is 1. The van der Waals surface area contributed by atoms with Crippen LogP contribution < -0.4 is 5.32 Å². The number of aromatic nitrogens is 2. The first-order valence-electron chi connectivity index (χ1n) is 11.8. The Morgan fingerprint density at radius 1 is 1.14 bits per heavy atom. The maximum atomic E-state index is 13.5. The van der Waals surface area contributed by atoms with E-state index in [-0.39, 0.29) is 24.2 Å². The molecule has 1 fully saturated rings. The Bertz CT molecular complexity index is 1210. The average Bonchev–Trinajstić information content (AvgIpc) is 3.54. The molecule has 0 radical (unpaired) electrons. The Balaban J connectivity index is 1.49. The van der Waals surface area contributed by atoms with E-state index in [0.29, 0.717) is 24.2 Å². The summed E-state index contributed by atoms with van der Waals surface area (Å²) in [6, 6.07) is 16.8. The molecule has 10 heteroatoms. The third kappa shape index (κ3) is 5.95. The lowest BCUT2D eigenvalue weighted by Crippen LogP contribution is -2.31. The van der Waals surface area contributed by atoms with Gasteiger partial charge in [0.05, 0.1) is 12.3 Å². The molecule has 0 unspecified atom stereocenters. The van der Waals surface area contributed by atoms with Gasteiger partial charge in [-0.15, -0.1) is 0 Å². The first-order valence-corrected chi connectivity index (χ1v) is 11.8. The lowest BCUT2D eigenvalue weighted by atomic mass is 10.0. The number of benzene rings is 2. The van der Waals surface area contributed by atoms with Gasteiger partial charge in [-0.25, -0.2) is 0 Å². The minimum Gasteiger partial charge on any atom is -0.399 e. The normalized spacial score (nSPS) is 16.5.